The first-order valence-corrected chi connectivity index (χ1v) is 10.1. The second-order valence-electron chi connectivity index (χ2n) is 7.46. The van der Waals surface area contributed by atoms with E-state index in [0.29, 0.717) is 0 Å². The minimum Gasteiger partial charge on any atom is -0.380 e. The highest BCUT2D eigenvalue weighted by Gasteiger charge is 2.23. The molecule has 1 fully saturated rings. The van der Waals surface area contributed by atoms with Crippen molar-refractivity contribution in [2.75, 3.05) is 6.54 Å². The second kappa shape index (κ2) is 7.08. The molecule has 25 heavy (non-hydrogen) atoms. The van der Waals surface area contributed by atoms with Crippen molar-refractivity contribution in [3.05, 3.63) is 40.7 Å². The number of fused-ring (bicyclic) bond motifs is 3. The van der Waals surface area contributed by atoms with E-state index in [1.807, 2.05) is 13.1 Å². The molecule has 2 aromatic rings. The summed E-state index contributed by atoms with van der Waals surface area (Å²) in [7, 11) is 0. The van der Waals surface area contributed by atoms with Gasteiger partial charge in [-0.2, -0.15) is 0 Å². The van der Waals surface area contributed by atoms with Crippen molar-refractivity contribution < 1.29 is 0 Å². The zero-order valence-corrected chi connectivity index (χ0v) is 16.4. The molecule has 0 bridgehead atoms. The Bertz CT molecular complexity index is 853. The summed E-state index contributed by atoms with van der Waals surface area (Å²) in [4.78, 5) is 6.63. The largest absolute Gasteiger partial charge is 0.380 e. The Morgan fingerprint density at radius 2 is 2.12 bits per heavy atom. The summed E-state index contributed by atoms with van der Waals surface area (Å²) in [5, 5.41) is 6.00. The molecular weight excluding hydrogens is 344 g/mol. The molecule has 0 amide bonds. The average molecular weight is 369 g/mol. The molecule has 0 saturated heterocycles. The summed E-state index contributed by atoms with van der Waals surface area (Å²) >= 11 is 10.8. The Balaban J connectivity index is 1.79. The number of aromatic nitrogens is 1. The number of pyridine rings is 1. The van der Waals surface area contributed by atoms with Crippen molar-refractivity contribution in [3.8, 4) is 0 Å². The van der Waals surface area contributed by atoms with Gasteiger partial charge in [0.25, 0.3) is 0 Å². The maximum Gasteiger partial charge on any atom is 0.0807 e. The Labute approximate surface area is 160 Å². The molecule has 1 aromatic heterocycles. The molecule has 0 aliphatic heterocycles. The van der Waals surface area contributed by atoms with E-state index in [1.165, 1.54) is 46.7 Å². The average Bonchev–Trinajstić information content (AvgIpc) is 3.38. The first-order chi connectivity index (χ1) is 12.1. The van der Waals surface area contributed by atoms with Crippen molar-refractivity contribution in [1.29, 1.82) is 0 Å². The van der Waals surface area contributed by atoms with Crippen LogP contribution in [0.2, 0.25) is 0 Å². The van der Waals surface area contributed by atoms with Gasteiger partial charge >= 0.3 is 0 Å². The van der Waals surface area contributed by atoms with Gasteiger partial charge in [0.05, 0.1) is 10.7 Å². The molecule has 0 radical (unpaired) electrons. The van der Waals surface area contributed by atoms with Gasteiger partial charge in [-0.05, 0) is 85.9 Å². The molecule has 1 N–H and O–H groups in total. The van der Waals surface area contributed by atoms with E-state index in [0.717, 1.165) is 53.7 Å². The third-order valence-corrected chi connectivity index (χ3v) is 5.86. The van der Waals surface area contributed by atoms with Crippen LogP contribution >= 0.6 is 24.4 Å². The highest BCUT2D eigenvalue weighted by atomic mass is 32.1. The molecule has 4 rings (SSSR count). The van der Waals surface area contributed by atoms with Crippen molar-refractivity contribution in [1.82, 2.24) is 10.3 Å². The van der Waals surface area contributed by atoms with Crippen LogP contribution in [-0.4, -0.2) is 21.4 Å². The molecule has 2 aliphatic rings. The molecule has 0 unspecified atom stereocenters. The lowest BCUT2D eigenvalue weighted by Crippen LogP contribution is -2.21. The minimum absolute atomic E-state index is 0.864. The number of aryl methyl sites for hydroxylation is 1. The predicted molar refractivity (Wildman–Crippen MR) is 113 cm³/mol. The van der Waals surface area contributed by atoms with Crippen molar-refractivity contribution in [2.45, 2.75) is 51.9 Å². The van der Waals surface area contributed by atoms with E-state index in [1.54, 1.807) is 0 Å². The van der Waals surface area contributed by atoms with Crippen LogP contribution in [-0.2, 0) is 19.3 Å². The zero-order valence-electron chi connectivity index (χ0n) is 14.7. The molecule has 1 heterocycles. The molecule has 2 aliphatic carbocycles. The first kappa shape index (κ1) is 17.0. The van der Waals surface area contributed by atoms with E-state index in [2.05, 4.69) is 17.4 Å². The topological polar surface area (TPSA) is 24.9 Å². The fourth-order valence-electron chi connectivity index (χ4n) is 3.97. The van der Waals surface area contributed by atoms with Crippen LogP contribution in [0.25, 0.3) is 10.8 Å². The van der Waals surface area contributed by atoms with Crippen LogP contribution in [0.1, 0.15) is 55.0 Å². The van der Waals surface area contributed by atoms with Gasteiger partial charge in [-0.25, -0.2) is 0 Å². The van der Waals surface area contributed by atoms with E-state index in [-0.39, 0.29) is 0 Å². The number of benzene rings is 1. The number of nitrogens with zero attached hydrogens (tertiary/aromatic N) is 1. The lowest BCUT2D eigenvalue weighted by atomic mass is 9.87. The van der Waals surface area contributed by atoms with Gasteiger partial charge in [-0.15, -0.1) is 0 Å². The van der Waals surface area contributed by atoms with E-state index >= 15 is 0 Å². The van der Waals surface area contributed by atoms with Crippen LogP contribution in [0.5, 0.6) is 0 Å². The quantitative estimate of drug-likeness (QED) is 0.772. The van der Waals surface area contributed by atoms with Crippen molar-refractivity contribution in [3.63, 3.8) is 0 Å². The normalized spacial score (nSPS) is 16.8. The number of rotatable bonds is 5. The number of hydrogen-bond donors (Lipinski definition) is 1. The highest BCUT2D eigenvalue weighted by Crippen LogP contribution is 2.36. The molecular formula is C21H24N2S2. The Hall–Kier alpha value is -1.39. The fourth-order valence-corrected chi connectivity index (χ4v) is 4.39. The summed E-state index contributed by atoms with van der Waals surface area (Å²) < 4.78 is 0. The molecule has 1 aromatic carbocycles. The lowest BCUT2D eigenvalue weighted by molar-refractivity contribution is 0.823. The molecule has 2 nitrogen and oxygen atoms in total. The van der Waals surface area contributed by atoms with Crippen LogP contribution in [0, 0.1) is 5.92 Å². The van der Waals surface area contributed by atoms with Crippen LogP contribution in [0.3, 0.4) is 0 Å². The standard InChI is InChI=1S/C21H24N2S2/c1-13(24)22-8-7-16-10-15(9-14-5-6-14)11-17-12-23-21-18(20(16)17)3-2-4-19(21)25/h10-12,14H,2-9H2,1H3,(H,22,24). The number of nitrogens with one attached hydrogen (secondary N) is 1. The molecule has 1 saturated carbocycles. The van der Waals surface area contributed by atoms with Crippen LogP contribution in [0.15, 0.2) is 18.3 Å². The van der Waals surface area contributed by atoms with Crippen molar-refractivity contribution in [2.24, 2.45) is 5.92 Å². The molecule has 0 atom stereocenters. The van der Waals surface area contributed by atoms with Gasteiger partial charge in [-0.3, -0.25) is 4.98 Å². The predicted octanol–water partition coefficient (Wildman–Crippen LogP) is 4.72. The van der Waals surface area contributed by atoms with Gasteiger partial charge in [0.15, 0.2) is 0 Å². The molecule has 130 valence electrons. The SMILES string of the molecule is CC(=S)NCCc1cc(CC2CC2)cc2cnc3c(c12)CCCC3=S. The summed E-state index contributed by atoms with van der Waals surface area (Å²) in [5.41, 5.74) is 5.34. The number of hydrogen-bond acceptors (Lipinski definition) is 3. The second-order valence-corrected chi connectivity index (χ2v) is 8.57. The fraction of sp³-hybridized carbons (Fsp3) is 0.476. The van der Waals surface area contributed by atoms with E-state index in [9.17, 15) is 0 Å². The van der Waals surface area contributed by atoms with Crippen molar-refractivity contribution >= 4 is 45.1 Å². The zero-order chi connectivity index (χ0) is 17.4. The van der Waals surface area contributed by atoms with Gasteiger partial charge in [0.1, 0.15) is 0 Å². The third kappa shape index (κ3) is 3.75. The molecule has 4 heteroatoms. The lowest BCUT2D eigenvalue weighted by Gasteiger charge is -2.21. The first-order valence-electron chi connectivity index (χ1n) is 9.33. The summed E-state index contributed by atoms with van der Waals surface area (Å²) in [6, 6.07) is 4.79. The third-order valence-electron chi connectivity index (χ3n) is 5.31. The minimum atomic E-state index is 0.864. The van der Waals surface area contributed by atoms with E-state index < -0.39 is 0 Å². The van der Waals surface area contributed by atoms with Crippen LogP contribution in [0.4, 0.5) is 0 Å². The van der Waals surface area contributed by atoms with Gasteiger partial charge in [0.2, 0.25) is 0 Å². The smallest absolute Gasteiger partial charge is 0.0807 e. The van der Waals surface area contributed by atoms with Gasteiger partial charge in [0, 0.05) is 23.0 Å². The van der Waals surface area contributed by atoms with Crippen LogP contribution < -0.4 is 5.32 Å². The Morgan fingerprint density at radius 3 is 2.88 bits per heavy atom. The van der Waals surface area contributed by atoms with Gasteiger partial charge in [-0.1, -0.05) is 30.5 Å². The monoisotopic (exact) mass is 368 g/mol. The maximum atomic E-state index is 5.59. The molecule has 0 spiro atoms. The van der Waals surface area contributed by atoms with Gasteiger partial charge < -0.3 is 5.32 Å². The summed E-state index contributed by atoms with van der Waals surface area (Å²) in [6.07, 6.45) is 10.3. The Morgan fingerprint density at radius 1 is 1.28 bits per heavy atom. The maximum absolute atomic E-state index is 5.59. The number of thiocarbonyl (C=S) groups is 2. The van der Waals surface area contributed by atoms with E-state index in [4.69, 9.17) is 29.4 Å². The summed E-state index contributed by atoms with van der Waals surface area (Å²) in [5.74, 6) is 0.893. The highest BCUT2D eigenvalue weighted by molar-refractivity contribution is 7.80. The summed E-state index contributed by atoms with van der Waals surface area (Å²) in [6.45, 7) is 2.83. The Kier molecular flexibility index (Phi) is 4.83.